The van der Waals surface area contributed by atoms with E-state index < -0.39 is 0 Å². The van der Waals surface area contributed by atoms with Crippen molar-refractivity contribution in [2.24, 2.45) is 12.8 Å². The molecule has 2 N–H and O–H groups in total. The van der Waals surface area contributed by atoms with Crippen molar-refractivity contribution in [1.82, 2.24) is 9.78 Å². The molecule has 0 saturated heterocycles. The molecule has 13 heavy (non-hydrogen) atoms. The number of hydrogen-bond donors (Lipinski definition) is 1. The predicted octanol–water partition coefficient (Wildman–Crippen LogP) is 1.74. The maximum absolute atomic E-state index is 6.05. The second kappa shape index (κ2) is 3.94. The van der Waals surface area contributed by atoms with E-state index in [1.807, 2.05) is 27.0 Å². The van der Waals surface area contributed by atoms with Crippen LogP contribution >= 0.6 is 11.6 Å². The van der Waals surface area contributed by atoms with Gasteiger partial charge in [-0.15, -0.1) is 0 Å². The lowest BCUT2D eigenvalue weighted by Gasteiger charge is -1.98. The molecule has 0 aliphatic heterocycles. The van der Waals surface area contributed by atoms with Gasteiger partial charge in [0.15, 0.2) is 0 Å². The lowest BCUT2D eigenvalue weighted by molar-refractivity contribution is 0.748. The number of halogens is 1. The topological polar surface area (TPSA) is 43.8 Å². The molecular weight excluding hydrogens is 186 g/mol. The third-order valence-corrected chi connectivity index (χ3v) is 2.36. The first kappa shape index (κ1) is 10.3. The van der Waals surface area contributed by atoms with Gasteiger partial charge in [0, 0.05) is 13.6 Å². The van der Waals surface area contributed by atoms with Crippen LogP contribution in [0.25, 0.3) is 6.08 Å². The third kappa shape index (κ3) is 2.11. The zero-order valence-corrected chi connectivity index (χ0v) is 8.89. The maximum Gasteiger partial charge on any atom is 0.0888 e. The molecule has 3 nitrogen and oxygen atoms in total. The fraction of sp³-hybridized carbons (Fsp3) is 0.444. The number of hydrogen-bond acceptors (Lipinski definition) is 2. The summed E-state index contributed by atoms with van der Waals surface area (Å²) < 4.78 is 1.76. The molecular formula is C9H14ClN3. The normalized spacial score (nSPS) is 12.2. The molecule has 0 unspecified atom stereocenters. The summed E-state index contributed by atoms with van der Waals surface area (Å²) in [5, 5.41) is 4.90. The first-order valence-corrected chi connectivity index (χ1v) is 4.50. The van der Waals surface area contributed by atoms with Crippen molar-refractivity contribution in [1.29, 1.82) is 0 Å². The molecule has 0 radical (unpaired) electrons. The molecule has 0 spiro atoms. The molecule has 1 rings (SSSR count). The Morgan fingerprint density at radius 3 is 2.69 bits per heavy atom. The van der Waals surface area contributed by atoms with Crippen LogP contribution in [0, 0.1) is 6.92 Å². The van der Waals surface area contributed by atoms with Gasteiger partial charge in [-0.3, -0.25) is 4.68 Å². The van der Waals surface area contributed by atoms with Crippen LogP contribution in [0.2, 0.25) is 5.02 Å². The van der Waals surface area contributed by atoms with Crippen LogP contribution in [0.15, 0.2) is 5.57 Å². The van der Waals surface area contributed by atoms with Crippen molar-refractivity contribution in [3.05, 3.63) is 22.0 Å². The Balaban J connectivity index is 3.14. The van der Waals surface area contributed by atoms with Crippen molar-refractivity contribution in [2.45, 2.75) is 13.8 Å². The van der Waals surface area contributed by atoms with Gasteiger partial charge in [-0.25, -0.2) is 0 Å². The summed E-state index contributed by atoms with van der Waals surface area (Å²) in [6.45, 7) is 4.40. The van der Waals surface area contributed by atoms with Crippen LogP contribution in [-0.2, 0) is 7.05 Å². The van der Waals surface area contributed by atoms with E-state index in [0.717, 1.165) is 17.0 Å². The quantitative estimate of drug-likeness (QED) is 0.789. The lowest BCUT2D eigenvalue weighted by Crippen LogP contribution is -2.01. The molecule has 0 aliphatic rings. The molecule has 0 bridgehead atoms. The Kier molecular flexibility index (Phi) is 3.12. The Morgan fingerprint density at radius 2 is 2.31 bits per heavy atom. The highest BCUT2D eigenvalue weighted by Gasteiger charge is 2.07. The Labute approximate surface area is 83.2 Å². The SMILES string of the molecule is CC(=Cc1c(Cl)c(C)nn1C)CN. The number of nitrogens with zero attached hydrogens (tertiary/aromatic N) is 2. The van der Waals surface area contributed by atoms with Gasteiger partial charge in [0.1, 0.15) is 0 Å². The standard InChI is InChI=1S/C9H14ClN3/c1-6(5-11)4-8-9(10)7(2)12-13(8)3/h4H,5,11H2,1-3H3. The minimum absolute atomic E-state index is 0.542. The number of aryl methyl sites for hydroxylation is 2. The summed E-state index contributed by atoms with van der Waals surface area (Å²) in [7, 11) is 1.87. The van der Waals surface area contributed by atoms with E-state index >= 15 is 0 Å². The minimum atomic E-state index is 0.542. The molecule has 72 valence electrons. The van der Waals surface area contributed by atoms with Crippen molar-refractivity contribution >= 4 is 17.7 Å². The van der Waals surface area contributed by atoms with Crippen molar-refractivity contribution in [3.63, 3.8) is 0 Å². The molecule has 0 aromatic carbocycles. The summed E-state index contributed by atoms with van der Waals surface area (Å²) >= 11 is 6.05. The number of rotatable bonds is 2. The van der Waals surface area contributed by atoms with Gasteiger partial charge in [0.25, 0.3) is 0 Å². The second-order valence-electron chi connectivity index (χ2n) is 3.10. The van der Waals surface area contributed by atoms with Crippen LogP contribution < -0.4 is 5.73 Å². The largest absolute Gasteiger partial charge is 0.327 e. The predicted molar refractivity (Wildman–Crippen MR) is 55.7 cm³/mol. The van der Waals surface area contributed by atoms with E-state index in [4.69, 9.17) is 17.3 Å². The third-order valence-electron chi connectivity index (χ3n) is 1.90. The molecule has 0 aliphatic carbocycles. The minimum Gasteiger partial charge on any atom is -0.327 e. The summed E-state index contributed by atoms with van der Waals surface area (Å²) in [6, 6.07) is 0. The molecule has 0 amide bonds. The molecule has 4 heteroatoms. The van der Waals surface area contributed by atoms with Crippen LogP contribution in [0.1, 0.15) is 18.3 Å². The van der Waals surface area contributed by atoms with E-state index in [0.29, 0.717) is 11.6 Å². The van der Waals surface area contributed by atoms with Gasteiger partial charge >= 0.3 is 0 Å². The summed E-state index contributed by atoms with van der Waals surface area (Å²) in [5.41, 5.74) is 8.34. The highest BCUT2D eigenvalue weighted by molar-refractivity contribution is 6.32. The Morgan fingerprint density at radius 1 is 1.69 bits per heavy atom. The Hall–Kier alpha value is -0.800. The molecule has 0 saturated carbocycles. The van der Waals surface area contributed by atoms with Crippen molar-refractivity contribution in [2.75, 3.05) is 6.54 Å². The van der Waals surface area contributed by atoms with Crippen LogP contribution in [0.5, 0.6) is 0 Å². The molecule has 1 heterocycles. The lowest BCUT2D eigenvalue weighted by atomic mass is 10.2. The zero-order valence-electron chi connectivity index (χ0n) is 8.13. The summed E-state index contributed by atoms with van der Waals surface area (Å²) in [4.78, 5) is 0. The van der Waals surface area contributed by atoms with Gasteiger partial charge in [0.05, 0.1) is 16.4 Å². The molecule has 1 aromatic rings. The average molecular weight is 200 g/mol. The molecule has 0 atom stereocenters. The van der Waals surface area contributed by atoms with Gasteiger partial charge < -0.3 is 5.73 Å². The van der Waals surface area contributed by atoms with E-state index in [9.17, 15) is 0 Å². The Bertz CT molecular complexity index is 339. The summed E-state index contributed by atoms with van der Waals surface area (Å²) in [6.07, 6.45) is 1.96. The van der Waals surface area contributed by atoms with Gasteiger partial charge in [-0.05, 0) is 19.9 Å². The van der Waals surface area contributed by atoms with Crippen LogP contribution in [0.4, 0.5) is 0 Å². The fourth-order valence-corrected chi connectivity index (χ4v) is 1.31. The van der Waals surface area contributed by atoms with E-state index in [1.54, 1.807) is 4.68 Å². The second-order valence-corrected chi connectivity index (χ2v) is 3.48. The fourth-order valence-electron chi connectivity index (χ4n) is 1.10. The van der Waals surface area contributed by atoms with Crippen molar-refractivity contribution in [3.8, 4) is 0 Å². The van der Waals surface area contributed by atoms with Crippen molar-refractivity contribution < 1.29 is 0 Å². The van der Waals surface area contributed by atoms with E-state index in [1.165, 1.54) is 0 Å². The van der Waals surface area contributed by atoms with Gasteiger partial charge in [0.2, 0.25) is 0 Å². The van der Waals surface area contributed by atoms with E-state index in [2.05, 4.69) is 5.10 Å². The monoisotopic (exact) mass is 199 g/mol. The number of aromatic nitrogens is 2. The van der Waals surface area contributed by atoms with Crippen LogP contribution in [-0.4, -0.2) is 16.3 Å². The summed E-state index contributed by atoms with van der Waals surface area (Å²) in [5.74, 6) is 0. The van der Waals surface area contributed by atoms with Gasteiger partial charge in [-0.2, -0.15) is 5.10 Å². The van der Waals surface area contributed by atoms with Gasteiger partial charge in [-0.1, -0.05) is 17.2 Å². The maximum atomic E-state index is 6.05. The molecule has 0 fully saturated rings. The zero-order chi connectivity index (χ0) is 10.0. The van der Waals surface area contributed by atoms with Crippen LogP contribution in [0.3, 0.4) is 0 Å². The smallest absolute Gasteiger partial charge is 0.0888 e. The average Bonchev–Trinajstić information content (AvgIpc) is 2.32. The molecule has 1 aromatic heterocycles. The highest BCUT2D eigenvalue weighted by atomic mass is 35.5. The first-order chi connectivity index (χ1) is 6.06. The number of nitrogens with two attached hydrogens (primary N) is 1. The first-order valence-electron chi connectivity index (χ1n) is 4.12. The van der Waals surface area contributed by atoms with E-state index in [-0.39, 0.29) is 0 Å². The highest BCUT2D eigenvalue weighted by Crippen LogP contribution is 2.21.